The molecular weight excluding hydrogens is 522 g/mol. The summed E-state index contributed by atoms with van der Waals surface area (Å²) in [4.78, 5) is 6.95. The van der Waals surface area contributed by atoms with Gasteiger partial charge in [0.2, 0.25) is 0 Å². The lowest BCUT2D eigenvalue weighted by molar-refractivity contribution is 0.415. The number of thiophene rings is 1. The van der Waals surface area contributed by atoms with Crippen LogP contribution in [0.4, 0.5) is 10.1 Å². The summed E-state index contributed by atoms with van der Waals surface area (Å²) in [5.41, 5.74) is 2.23. The van der Waals surface area contributed by atoms with E-state index in [9.17, 15) is 4.39 Å². The summed E-state index contributed by atoms with van der Waals surface area (Å²) >= 11 is 4.17. The second-order valence-electron chi connectivity index (χ2n) is 8.13. The Morgan fingerprint density at radius 2 is 2.10 bits per heavy atom. The SMILES string of the molecule is Fc1cccc(N(CN=CNC2CCCCC2)[C@@H](CCI)CCNCc2ccsc2)c1. The molecule has 0 radical (unpaired) electrons. The highest BCUT2D eigenvalue weighted by Gasteiger charge is 2.19. The van der Waals surface area contributed by atoms with Gasteiger partial charge in [-0.1, -0.05) is 47.9 Å². The van der Waals surface area contributed by atoms with E-state index < -0.39 is 0 Å². The molecule has 7 heteroatoms. The Bertz CT molecular complexity index is 765. The highest BCUT2D eigenvalue weighted by Crippen LogP contribution is 2.22. The van der Waals surface area contributed by atoms with Crippen LogP contribution in [0.3, 0.4) is 0 Å². The van der Waals surface area contributed by atoms with E-state index in [1.54, 1.807) is 23.5 Å². The molecule has 1 atom stereocenters. The van der Waals surface area contributed by atoms with E-state index in [4.69, 9.17) is 0 Å². The molecule has 2 N–H and O–H groups in total. The van der Waals surface area contributed by atoms with Gasteiger partial charge in [0, 0.05) is 28.7 Å². The molecule has 1 aliphatic rings. The van der Waals surface area contributed by atoms with Crippen molar-refractivity contribution in [1.82, 2.24) is 10.6 Å². The van der Waals surface area contributed by atoms with Gasteiger partial charge >= 0.3 is 0 Å². The Morgan fingerprint density at radius 1 is 1.23 bits per heavy atom. The lowest BCUT2D eigenvalue weighted by Crippen LogP contribution is -2.39. The Hall–Kier alpha value is -1.19. The predicted octanol–water partition coefficient (Wildman–Crippen LogP) is 5.98. The van der Waals surface area contributed by atoms with Crippen LogP contribution in [0, 0.1) is 5.82 Å². The quantitative estimate of drug-likeness (QED) is 0.105. The Labute approximate surface area is 203 Å². The fourth-order valence-corrected chi connectivity index (χ4v) is 5.48. The number of aliphatic imine (C=N–C) groups is 1. The van der Waals surface area contributed by atoms with Crippen molar-refractivity contribution in [3.8, 4) is 0 Å². The molecule has 1 fully saturated rings. The van der Waals surface area contributed by atoms with Gasteiger partial charge in [0.15, 0.2) is 0 Å². The average Bonchev–Trinajstić information content (AvgIpc) is 3.30. The molecule has 1 aliphatic carbocycles. The molecule has 1 aromatic carbocycles. The first-order valence-electron chi connectivity index (χ1n) is 11.3. The number of hydrogen-bond acceptors (Lipinski definition) is 4. The fraction of sp³-hybridized carbons (Fsp3) is 0.542. The lowest BCUT2D eigenvalue weighted by atomic mass is 9.96. The maximum absolute atomic E-state index is 14.0. The van der Waals surface area contributed by atoms with Crippen molar-refractivity contribution in [2.45, 2.75) is 63.6 Å². The first kappa shape index (κ1) is 24.5. The summed E-state index contributed by atoms with van der Waals surface area (Å²) in [5, 5.41) is 11.3. The van der Waals surface area contributed by atoms with Gasteiger partial charge in [0.25, 0.3) is 0 Å². The van der Waals surface area contributed by atoms with Gasteiger partial charge in [0.1, 0.15) is 12.5 Å². The van der Waals surface area contributed by atoms with Gasteiger partial charge in [-0.05, 0) is 72.8 Å². The average molecular weight is 557 g/mol. The van der Waals surface area contributed by atoms with Gasteiger partial charge in [-0.15, -0.1) is 0 Å². The fourth-order valence-electron chi connectivity index (χ4n) is 4.10. The molecule has 3 rings (SSSR count). The van der Waals surface area contributed by atoms with Crippen LogP contribution in [0.15, 0.2) is 46.1 Å². The largest absolute Gasteiger partial charge is 0.374 e. The van der Waals surface area contributed by atoms with E-state index >= 15 is 0 Å². The van der Waals surface area contributed by atoms with Crippen LogP contribution in [0.1, 0.15) is 50.5 Å². The summed E-state index contributed by atoms with van der Waals surface area (Å²) in [6.07, 6.45) is 10.3. The first-order valence-corrected chi connectivity index (χ1v) is 13.8. The molecule has 0 unspecified atom stereocenters. The number of alkyl halides is 1. The van der Waals surface area contributed by atoms with E-state index in [-0.39, 0.29) is 5.82 Å². The molecule has 170 valence electrons. The van der Waals surface area contributed by atoms with Crippen molar-refractivity contribution in [3.63, 3.8) is 0 Å². The van der Waals surface area contributed by atoms with Gasteiger partial charge < -0.3 is 15.5 Å². The molecule has 4 nitrogen and oxygen atoms in total. The Kier molecular flexibility index (Phi) is 11.1. The van der Waals surface area contributed by atoms with Gasteiger partial charge in [-0.2, -0.15) is 11.3 Å². The number of anilines is 1. The minimum atomic E-state index is -0.199. The smallest absolute Gasteiger partial charge is 0.125 e. The number of nitrogens with zero attached hydrogens (tertiary/aromatic N) is 2. The van der Waals surface area contributed by atoms with Crippen molar-refractivity contribution in [2.75, 3.05) is 22.5 Å². The van der Waals surface area contributed by atoms with E-state index in [1.807, 2.05) is 12.4 Å². The van der Waals surface area contributed by atoms with Gasteiger partial charge in [-0.25, -0.2) is 4.39 Å². The van der Waals surface area contributed by atoms with Crippen LogP contribution in [-0.2, 0) is 6.54 Å². The van der Waals surface area contributed by atoms with E-state index in [0.29, 0.717) is 18.8 Å². The Morgan fingerprint density at radius 3 is 2.84 bits per heavy atom. The minimum Gasteiger partial charge on any atom is -0.374 e. The predicted molar refractivity (Wildman–Crippen MR) is 140 cm³/mol. The van der Waals surface area contributed by atoms with E-state index in [2.05, 4.69) is 59.9 Å². The summed E-state index contributed by atoms with van der Waals surface area (Å²) in [5.74, 6) is -0.199. The van der Waals surface area contributed by atoms with Gasteiger partial charge in [-0.3, -0.25) is 4.99 Å². The molecule has 1 saturated carbocycles. The van der Waals surface area contributed by atoms with Crippen LogP contribution in [0.5, 0.6) is 0 Å². The van der Waals surface area contributed by atoms with E-state index in [0.717, 1.165) is 36.0 Å². The zero-order valence-electron chi connectivity index (χ0n) is 18.1. The number of rotatable bonds is 13. The second-order valence-corrected chi connectivity index (χ2v) is 9.99. The molecule has 0 aliphatic heterocycles. The van der Waals surface area contributed by atoms with Crippen molar-refractivity contribution in [2.24, 2.45) is 4.99 Å². The first-order chi connectivity index (χ1) is 15.3. The number of benzene rings is 1. The molecule has 1 heterocycles. The molecule has 0 bridgehead atoms. The molecule has 2 aromatic rings. The van der Waals surface area contributed by atoms with Crippen LogP contribution in [-0.4, -0.2) is 36.1 Å². The monoisotopic (exact) mass is 556 g/mol. The second kappa shape index (κ2) is 14.1. The lowest BCUT2D eigenvalue weighted by Gasteiger charge is -2.32. The topological polar surface area (TPSA) is 39.7 Å². The highest BCUT2D eigenvalue weighted by atomic mass is 127. The van der Waals surface area contributed by atoms with Crippen LogP contribution in [0.25, 0.3) is 0 Å². The molecule has 0 amide bonds. The normalized spacial score (nSPS) is 15.9. The van der Waals surface area contributed by atoms with Crippen LogP contribution < -0.4 is 15.5 Å². The van der Waals surface area contributed by atoms with Crippen molar-refractivity contribution < 1.29 is 4.39 Å². The maximum atomic E-state index is 14.0. The number of nitrogens with one attached hydrogen (secondary N) is 2. The summed E-state index contributed by atoms with van der Waals surface area (Å²) in [7, 11) is 0. The summed E-state index contributed by atoms with van der Waals surface area (Å²) in [6, 6.07) is 9.93. The van der Waals surface area contributed by atoms with Crippen molar-refractivity contribution in [3.05, 3.63) is 52.5 Å². The van der Waals surface area contributed by atoms with Crippen LogP contribution in [0.2, 0.25) is 0 Å². The highest BCUT2D eigenvalue weighted by molar-refractivity contribution is 14.1. The third-order valence-corrected chi connectivity index (χ3v) is 7.18. The third kappa shape index (κ3) is 8.69. The maximum Gasteiger partial charge on any atom is 0.125 e. The van der Waals surface area contributed by atoms with Gasteiger partial charge in [0.05, 0.1) is 6.34 Å². The summed E-state index contributed by atoms with van der Waals surface area (Å²) in [6.45, 7) is 2.35. The molecular formula is C24H34FIN4S. The standard InChI is InChI=1S/C24H34FIN4S/c25-21-5-4-8-24(15-21)30(19-28-18-29-22-6-2-1-3-7-22)23(9-12-26)10-13-27-16-20-11-14-31-17-20/h4-5,8,11,14-15,17-18,22-23,27H,1-3,6-7,9-10,12-13,16,19H2,(H,28,29)/t23-/m0/s1. The molecule has 31 heavy (non-hydrogen) atoms. The minimum absolute atomic E-state index is 0.199. The van der Waals surface area contributed by atoms with Crippen LogP contribution >= 0.6 is 33.9 Å². The zero-order chi connectivity index (χ0) is 21.7. The molecule has 1 aromatic heterocycles. The van der Waals surface area contributed by atoms with Crippen molar-refractivity contribution in [1.29, 1.82) is 0 Å². The number of hydrogen-bond donors (Lipinski definition) is 2. The zero-order valence-corrected chi connectivity index (χ0v) is 21.1. The molecule has 0 spiro atoms. The number of halogens is 2. The third-order valence-electron chi connectivity index (χ3n) is 5.83. The van der Waals surface area contributed by atoms with E-state index in [1.165, 1.54) is 43.7 Å². The summed E-state index contributed by atoms with van der Waals surface area (Å²) < 4.78 is 15.0. The molecule has 0 saturated heterocycles. The van der Waals surface area contributed by atoms with Crippen molar-refractivity contribution >= 4 is 46.0 Å². The Balaban J connectivity index is 1.60.